The topological polar surface area (TPSA) is 43.9 Å². The van der Waals surface area contributed by atoms with E-state index in [0.29, 0.717) is 32.2 Å². The van der Waals surface area contributed by atoms with Crippen LogP contribution in [0.15, 0.2) is 30.3 Å². The van der Waals surface area contributed by atoms with Gasteiger partial charge >= 0.3 is 0 Å². The minimum absolute atomic E-state index is 0.328. The zero-order valence-corrected chi connectivity index (χ0v) is 15.4. The van der Waals surface area contributed by atoms with Gasteiger partial charge in [0.2, 0.25) is 0 Å². The molecule has 2 fully saturated rings. The SMILES string of the molecule is C[C@H](c1ccccc1)N1CCN(S(=O)(=O)N2CCCCCC2)CC1. The first kappa shape index (κ1) is 17.9. The summed E-state index contributed by atoms with van der Waals surface area (Å²) in [5.41, 5.74) is 1.29. The van der Waals surface area contributed by atoms with Gasteiger partial charge in [-0.15, -0.1) is 0 Å². The van der Waals surface area contributed by atoms with Gasteiger partial charge in [-0.3, -0.25) is 4.90 Å². The van der Waals surface area contributed by atoms with E-state index in [9.17, 15) is 8.42 Å². The Balaban J connectivity index is 1.60. The quantitative estimate of drug-likeness (QED) is 0.837. The lowest BCUT2D eigenvalue weighted by molar-refractivity contribution is 0.141. The van der Waals surface area contributed by atoms with Crippen LogP contribution < -0.4 is 0 Å². The number of piperazine rings is 1. The normalized spacial score (nSPS) is 23.7. The second-order valence-corrected chi connectivity index (χ2v) is 8.77. The van der Waals surface area contributed by atoms with Gasteiger partial charge in [0, 0.05) is 45.3 Å². The van der Waals surface area contributed by atoms with Crippen molar-refractivity contribution >= 4 is 10.2 Å². The molecule has 1 atom stereocenters. The molecule has 2 heterocycles. The predicted molar refractivity (Wildman–Crippen MR) is 97.0 cm³/mol. The molecule has 0 amide bonds. The van der Waals surface area contributed by atoms with Crippen molar-refractivity contribution in [2.24, 2.45) is 0 Å². The van der Waals surface area contributed by atoms with Crippen molar-refractivity contribution in [3.63, 3.8) is 0 Å². The van der Waals surface area contributed by atoms with Crippen LogP contribution in [-0.4, -0.2) is 61.2 Å². The molecule has 0 aliphatic carbocycles. The van der Waals surface area contributed by atoms with Gasteiger partial charge in [0.05, 0.1) is 0 Å². The lowest BCUT2D eigenvalue weighted by Crippen LogP contribution is -2.53. The van der Waals surface area contributed by atoms with Crippen molar-refractivity contribution < 1.29 is 8.42 Å². The smallest absolute Gasteiger partial charge is 0.282 e. The van der Waals surface area contributed by atoms with Crippen LogP contribution in [0.5, 0.6) is 0 Å². The molecule has 0 radical (unpaired) electrons. The molecule has 2 aliphatic rings. The Bertz CT molecular complexity index is 604. The molecule has 0 unspecified atom stereocenters. The van der Waals surface area contributed by atoms with Crippen molar-refractivity contribution in [1.82, 2.24) is 13.5 Å². The maximum Gasteiger partial charge on any atom is 0.282 e. The number of benzene rings is 1. The lowest BCUT2D eigenvalue weighted by atomic mass is 10.1. The Morgan fingerprint density at radius 2 is 1.33 bits per heavy atom. The van der Waals surface area contributed by atoms with Crippen molar-refractivity contribution in [3.8, 4) is 0 Å². The van der Waals surface area contributed by atoms with E-state index in [1.165, 1.54) is 5.56 Å². The highest BCUT2D eigenvalue weighted by molar-refractivity contribution is 7.86. The molecule has 24 heavy (non-hydrogen) atoms. The lowest BCUT2D eigenvalue weighted by Gasteiger charge is -2.39. The van der Waals surface area contributed by atoms with E-state index in [1.54, 1.807) is 8.61 Å². The molecule has 1 aromatic rings. The summed E-state index contributed by atoms with van der Waals surface area (Å²) in [6.07, 6.45) is 4.28. The third-order valence-electron chi connectivity index (χ3n) is 5.32. The second-order valence-electron chi connectivity index (χ2n) is 6.84. The standard InChI is InChI=1S/C18H29N3O2S/c1-17(18-9-5-4-6-10-18)19-13-15-21(16-14-19)24(22,23)20-11-7-2-3-8-12-20/h4-6,9-10,17H,2-3,7-8,11-16H2,1H3/t17-/m1/s1. The third-order valence-corrected chi connectivity index (χ3v) is 7.36. The highest BCUT2D eigenvalue weighted by atomic mass is 32.2. The Labute approximate surface area is 146 Å². The average Bonchev–Trinajstić information content (AvgIpc) is 2.92. The summed E-state index contributed by atoms with van der Waals surface area (Å²) < 4.78 is 29.1. The number of hydrogen-bond acceptors (Lipinski definition) is 3. The summed E-state index contributed by atoms with van der Waals surface area (Å²) >= 11 is 0. The zero-order valence-electron chi connectivity index (χ0n) is 14.6. The van der Waals surface area contributed by atoms with Crippen LogP contribution in [0.25, 0.3) is 0 Å². The van der Waals surface area contributed by atoms with Crippen LogP contribution in [0.2, 0.25) is 0 Å². The first-order valence-electron chi connectivity index (χ1n) is 9.13. The fourth-order valence-electron chi connectivity index (χ4n) is 3.70. The van der Waals surface area contributed by atoms with Gasteiger partial charge in [-0.05, 0) is 25.3 Å². The second kappa shape index (κ2) is 7.95. The van der Waals surface area contributed by atoms with Crippen molar-refractivity contribution in [3.05, 3.63) is 35.9 Å². The van der Waals surface area contributed by atoms with Crippen molar-refractivity contribution in [2.45, 2.75) is 38.6 Å². The largest absolute Gasteiger partial charge is 0.294 e. The molecule has 2 saturated heterocycles. The number of hydrogen-bond donors (Lipinski definition) is 0. The first-order valence-corrected chi connectivity index (χ1v) is 10.5. The molecule has 2 aliphatic heterocycles. The molecule has 3 rings (SSSR count). The molecule has 134 valence electrons. The minimum atomic E-state index is -3.28. The van der Waals surface area contributed by atoms with Gasteiger partial charge < -0.3 is 0 Å². The minimum Gasteiger partial charge on any atom is -0.294 e. The van der Waals surface area contributed by atoms with Gasteiger partial charge in [-0.1, -0.05) is 43.2 Å². The van der Waals surface area contributed by atoms with Gasteiger partial charge in [-0.2, -0.15) is 17.0 Å². The monoisotopic (exact) mass is 351 g/mol. The maximum atomic E-state index is 12.9. The van der Waals surface area contributed by atoms with E-state index in [2.05, 4.69) is 36.1 Å². The first-order chi connectivity index (χ1) is 11.6. The van der Waals surface area contributed by atoms with Gasteiger partial charge in [0.1, 0.15) is 0 Å². The zero-order chi connectivity index (χ0) is 17.0. The van der Waals surface area contributed by atoms with E-state index in [1.807, 2.05) is 6.07 Å². The van der Waals surface area contributed by atoms with Gasteiger partial charge in [0.25, 0.3) is 10.2 Å². The molecule has 0 spiro atoms. The van der Waals surface area contributed by atoms with Crippen LogP contribution in [0.4, 0.5) is 0 Å². The van der Waals surface area contributed by atoms with Crippen LogP contribution in [0.3, 0.4) is 0 Å². The molecular formula is C18H29N3O2S. The maximum absolute atomic E-state index is 12.9. The molecule has 0 saturated carbocycles. The van der Waals surface area contributed by atoms with E-state index in [4.69, 9.17) is 0 Å². The number of rotatable bonds is 4. The van der Waals surface area contributed by atoms with E-state index >= 15 is 0 Å². The van der Waals surface area contributed by atoms with Crippen LogP contribution in [-0.2, 0) is 10.2 Å². The molecule has 0 bridgehead atoms. The summed E-state index contributed by atoms with van der Waals surface area (Å²) in [6.45, 7) is 6.35. The molecule has 6 heteroatoms. The summed E-state index contributed by atoms with van der Waals surface area (Å²) in [5.74, 6) is 0. The molecule has 5 nitrogen and oxygen atoms in total. The van der Waals surface area contributed by atoms with E-state index in [0.717, 1.165) is 38.8 Å². The Morgan fingerprint density at radius 1 is 0.792 bits per heavy atom. The fourth-order valence-corrected chi connectivity index (χ4v) is 5.37. The van der Waals surface area contributed by atoms with Crippen molar-refractivity contribution in [1.29, 1.82) is 0 Å². The number of nitrogens with zero attached hydrogens (tertiary/aromatic N) is 3. The van der Waals surface area contributed by atoms with Gasteiger partial charge in [0.15, 0.2) is 0 Å². The molecule has 0 N–H and O–H groups in total. The molecule has 1 aromatic carbocycles. The van der Waals surface area contributed by atoms with Crippen LogP contribution in [0.1, 0.15) is 44.2 Å². The Kier molecular flexibility index (Phi) is 5.92. The van der Waals surface area contributed by atoms with Crippen molar-refractivity contribution in [2.75, 3.05) is 39.3 Å². The molecular weight excluding hydrogens is 322 g/mol. The van der Waals surface area contributed by atoms with Crippen LogP contribution >= 0.6 is 0 Å². The predicted octanol–water partition coefficient (Wildman–Crippen LogP) is 2.49. The highest BCUT2D eigenvalue weighted by Crippen LogP contribution is 2.23. The Hall–Kier alpha value is -0.950. The summed E-state index contributed by atoms with van der Waals surface area (Å²) in [6, 6.07) is 10.8. The summed E-state index contributed by atoms with van der Waals surface area (Å²) in [4.78, 5) is 2.38. The van der Waals surface area contributed by atoms with E-state index < -0.39 is 10.2 Å². The summed E-state index contributed by atoms with van der Waals surface area (Å²) in [5, 5.41) is 0. The van der Waals surface area contributed by atoms with Crippen LogP contribution in [0, 0.1) is 0 Å². The fraction of sp³-hybridized carbons (Fsp3) is 0.667. The average molecular weight is 352 g/mol. The molecule has 0 aromatic heterocycles. The highest BCUT2D eigenvalue weighted by Gasteiger charge is 2.33. The van der Waals surface area contributed by atoms with Gasteiger partial charge in [-0.25, -0.2) is 0 Å². The third kappa shape index (κ3) is 3.99. The summed E-state index contributed by atoms with van der Waals surface area (Å²) in [7, 11) is -3.28. The Morgan fingerprint density at radius 3 is 1.92 bits per heavy atom. The van der Waals surface area contributed by atoms with E-state index in [-0.39, 0.29) is 0 Å².